The van der Waals surface area contributed by atoms with Crippen LogP contribution in [0.4, 0.5) is 4.39 Å². The minimum Gasteiger partial charge on any atom is -0.369 e. The predicted molar refractivity (Wildman–Crippen MR) is 73.7 cm³/mol. The first-order valence-electron chi connectivity index (χ1n) is 5.77. The van der Waals surface area contributed by atoms with Crippen molar-refractivity contribution >= 4 is 15.9 Å². The summed E-state index contributed by atoms with van der Waals surface area (Å²) in [6, 6.07) is 14.9. The molecule has 0 saturated carbocycles. The third-order valence-corrected chi connectivity index (χ3v) is 3.36. The van der Waals surface area contributed by atoms with Gasteiger partial charge in [-0.25, -0.2) is 4.39 Å². The van der Waals surface area contributed by atoms with Crippen LogP contribution in [-0.2, 0) is 11.3 Å². The molecule has 94 valence electrons. The van der Waals surface area contributed by atoms with Gasteiger partial charge in [0.1, 0.15) is 5.82 Å². The second-order valence-electron chi connectivity index (χ2n) is 4.11. The lowest BCUT2D eigenvalue weighted by atomic mass is 10.1. The topological polar surface area (TPSA) is 9.23 Å². The van der Waals surface area contributed by atoms with Crippen LogP contribution in [-0.4, -0.2) is 0 Å². The van der Waals surface area contributed by atoms with Crippen LogP contribution >= 0.6 is 15.9 Å². The van der Waals surface area contributed by atoms with E-state index < -0.39 is 0 Å². The molecule has 0 bridgehead atoms. The van der Waals surface area contributed by atoms with E-state index in [4.69, 9.17) is 4.74 Å². The average molecular weight is 309 g/mol. The van der Waals surface area contributed by atoms with Crippen LogP contribution in [0, 0.1) is 5.82 Å². The van der Waals surface area contributed by atoms with Gasteiger partial charge in [0.15, 0.2) is 0 Å². The number of ether oxygens (including phenoxy) is 1. The van der Waals surface area contributed by atoms with E-state index in [2.05, 4.69) is 15.9 Å². The van der Waals surface area contributed by atoms with Crippen molar-refractivity contribution in [2.45, 2.75) is 19.6 Å². The van der Waals surface area contributed by atoms with Gasteiger partial charge in [0.25, 0.3) is 0 Å². The van der Waals surface area contributed by atoms with Crippen molar-refractivity contribution in [3.05, 3.63) is 69.9 Å². The van der Waals surface area contributed by atoms with Gasteiger partial charge in [0.05, 0.1) is 17.2 Å². The quantitative estimate of drug-likeness (QED) is 0.783. The Hall–Kier alpha value is -1.19. The Morgan fingerprint density at radius 2 is 1.89 bits per heavy atom. The lowest BCUT2D eigenvalue weighted by Crippen LogP contribution is -2.00. The van der Waals surface area contributed by atoms with Crippen molar-refractivity contribution < 1.29 is 9.13 Å². The maximum absolute atomic E-state index is 13.1. The summed E-state index contributed by atoms with van der Waals surface area (Å²) in [5.74, 6) is -0.255. The molecule has 1 unspecified atom stereocenters. The molecule has 0 fully saturated rings. The second-order valence-corrected chi connectivity index (χ2v) is 4.97. The monoisotopic (exact) mass is 308 g/mol. The first-order chi connectivity index (χ1) is 8.66. The first-order valence-corrected chi connectivity index (χ1v) is 6.56. The van der Waals surface area contributed by atoms with E-state index in [1.165, 1.54) is 6.07 Å². The molecular formula is C15H14BrFO. The SMILES string of the molecule is CC(OCc1ccc(F)c(Br)c1)c1ccccc1. The molecule has 0 spiro atoms. The zero-order chi connectivity index (χ0) is 13.0. The Morgan fingerprint density at radius 3 is 2.56 bits per heavy atom. The fourth-order valence-electron chi connectivity index (χ4n) is 1.67. The Morgan fingerprint density at radius 1 is 1.17 bits per heavy atom. The number of halogens is 2. The van der Waals surface area contributed by atoms with Gasteiger partial charge in [-0.2, -0.15) is 0 Å². The van der Waals surface area contributed by atoms with Gasteiger partial charge in [0.2, 0.25) is 0 Å². The Bertz CT molecular complexity index is 513. The minimum atomic E-state index is -0.255. The van der Waals surface area contributed by atoms with Crippen molar-refractivity contribution in [1.82, 2.24) is 0 Å². The van der Waals surface area contributed by atoms with Gasteiger partial charge in [-0.15, -0.1) is 0 Å². The summed E-state index contributed by atoms with van der Waals surface area (Å²) in [6.45, 7) is 2.48. The number of benzene rings is 2. The molecule has 1 atom stereocenters. The van der Waals surface area contributed by atoms with E-state index >= 15 is 0 Å². The summed E-state index contributed by atoms with van der Waals surface area (Å²) < 4.78 is 19.3. The molecule has 0 radical (unpaired) electrons. The largest absolute Gasteiger partial charge is 0.369 e. The summed E-state index contributed by atoms with van der Waals surface area (Å²) in [6.07, 6.45) is 0.0232. The van der Waals surface area contributed by atoms with Crippen LogP contribution in [0.5, 0.6) is 0 Å². The first kappa shape index (κ1) is 13.2. The second kappa shape index (κ2) is 6.12. The Labute approximate surface area is 115 Å². The molecule has 0 aliphatic heterocycles. The molecule has 2 aromatic rings. The zero-order valence-electron chi connectivity index (χ0n) is 10.1. The highest BCUT2D eigenvalue weighted by Crippen LogP contribution is 2.21. The number of hydrogen-bond acceptors (Lipinski definition) is 1. The lowest BCUT2D eigenvalue weighted by Gasteiger charge is -2.13. The van der Waals surface area contributed by atoms with Crippen LogP contribution in [0.15, 0.2) is 53.0 Å². The molecule has 0 aliphatic rings. The molecule has 1 nitrogen and oxygen atoms in total. The van der Waals surface area contributed by atoms with Crippen LogP contribution in [0.3, 0.4) is 0 Å². The van der Waals surface area contributed by atoms with Crippen LogP contribution in [0.1, 0.15) is 24.2 Å². The smallest absolute Gasteiger partial charge is 0.137 e. The molecular weight excluding hydrogens is 295 g/mol. The molecule has 0 heterocycles. The van der Waals surface area contributed by atoms with Gasteiger partial charge in [-0.3, -0.25) is 0 Å². The summed E-state index contributed by atoms with van der Waals surface area (Å²) in [5, 5.41) is 0. The molecule has 3 heteroatoms. The average Bonchev–Trinajstić information content (AvgIpc) is 2.41. The standard InChI is InChI=1S/C15H14BrFO/c1-11(13-5-3-2-4-6-13)18-10-12-7-8-15(17)14(16)9-12/h2-9,11H,10H2,1H3. The summed E-state index contributed by atoms with van der Waals surface area (Å²) in [7, 11) is 0. The fraction of sp³-hybridized carbons (Fsp3) is 0.200. The molecule has 0 saturated heterocycles. The van der Waals surface area contributed by atoms with E-state index in [1.807, 2.05) is 37.3 Å². The van der Waals surface area contributed by atoms with E-state index in [1.54, 1.807) is 12.1 Å². The van der Waals surface area contributed by atoms with Crippen molar-refractivity contribution in [2.75, 3.05) is 0 Å². The van der Waals surface area contributed by atoms with Crippen LogP contribution < -0.4 is 0 Å². The van der Waals surface area contributed by atoms with E-state index in [9.17, 15) is 4.39 Å². The highest BCUT2D eigenvalue weighted by atomic mass is 79.9. The Balaban J connectivity index is 1.97. The molecule has 2 rings (SSSR count). The Kier molecular flexibility index (Phi) is 4.50. The summed E-state index contributed by atoms with van der Waals surface area (Å²) in [5.41, 5.74) is 2.09. The van der Waals surface area contributed by atoms with Crippen molar-refractivity contribution in [2.24, 2.45) is 0 Å². The van der Waals surface area contributed by atoms with Gasteiger partial charge < -0.3 is 4.74 Å². The summed E-state index contributed by atoms with van der Waals surface area (Å²) >= 11 is 3.17. The highest BCUT2D eigenvalue weighted by molar-refractivity contribution is 9.10. The van der Waals surface area contributed by atoms with E-state index in [0.29, 0.717) is 11.1 Å². The highest BCUT2D eigenvalue weighted by Gasteiger charge is 2.06. The zero-order valence-corrected chi connectivity index (χ0v) is 11.7. The third kappa shape index (κ3) is 3.40. The molecule has 0 N–H and O–H groups in total. The lowest BCUT2D eigenvalue weighted by molar-refractivity contribution is 0.0525. The van der Waals surface area contributed by atoms with Gasteiger partial charge in [-0.05, 0) is 46.1 Å². The van der Waals surface area contributed by atoms with Crippen LogP contribution in [0.2, 0.25) is 0 Å². The van der Waals surface area contributed by atoms with E-state index in [0.717, 1.165) is 11.1 Å². The van der Waals surface area contributed by atoms with Crippen LogP contribution in [0.25, 0.3) is 0 Å². The molecule has 18 heavy (non-hydrogen) atoms. The van der Waals surface area contributed by atoms with Crippen molar-refractivity contribution in [3.8, 4) is 0 Å². The van der Waals surface area contributed by atoms with Crippen molar-refractivity contribution in [3.63, 3.8) is 0 Å². The molecule has 0 aliphatic carbocycles. The third-order valence-electron chi connectivity index (χ3n) is 2.75. The predicted octanol–water partition coefficient (Wildman–Crippen LogP) is 4.87. The summed E-state index contributed by atoms with van der Waals surface area (Å²) in [4.78, 5) is 0. The number of rotatable bonds is 4. The molecule has 2 aromatic carbocycles. The maximum Gasteiger partial charge on any atom is 0.137 e. The van der Waals surface area contributed by atoms with Gasteiger partial charge >= 0.3 is 0 Å². The van der Waals surface area contributed by atoms with Crippen molar-refractivity contribution in [1.29, 1.82) is 0 Å². The maximum atomic E-state index is 13.1. The van der Waals surface area contributed by atoms with Gasteiger partial charge in [-0.1, -0.05) is 36.4 Å². The fourth-order valence-corrected chi connectivity index (χ4v) is 2.10. The molecule has 0 aromatic heterocycles. The minimum absolute atomic E-state index is 0.0232. The number of hydrogen-bond donors (Lipinski definition) is 0. The normalized spacial score (nSPS) is 12.4. The van der Waals surface area contributed by atoms with Gasteiger partial charge in [0, 0.05) is 0 Å². The van der Waals surface area contributed by atoms with E-state index in [-0.39, 0.29) is 11.9 Å². The molecule has 0 amide bonds.